The monoisotopic (exact) mass is 444 g/mol. The van der Waals surface area contributed by atoms with E-state index in [1.54, 1.807) is 0 Å². The van der Waals surface area contributed by atoms with Crippen LogP contribution in [-0.2, 0) is 38.1 Å². The van der Waals surface area contributed by atoms with Gasteiger partial charge in [-0.25, -0.2) is 9.18 Å². The Bertz CT molecular complexity index is 805. The van der Waals surface area contributed by atoms with E-state index in [1.165, 1.54) is 32.0 Å². The van der Waals surface area contributed by atoms with Crippen LogP contribution in [0.1, 0.15) is 32.3 Å². The van der Waals surface area contributed by atoms with Crippen LogP contribution in [0, 0.1) is 5.82 Å². The van der Waals surface area contributed by atoms with Crippen molar-refractivity contribution in [2.24, 2.45) is 0 Å². The highest BCUT2D eigenvalue weighted by molar-refractivity contribution is 6.32. The minimum Gasteiger partial charge on any atom is -0.463 e. The van der Waals surface area contributed by atoms with Gasteiger partial charge in [-0.2, -0.15) is 0 Å². The number of ether oxygens (including phenoxy) is 5. The van der Waals surface area contributed by atoms with Crippen LogP contribution in [0.5, 0.6) is 0 Å². The van der Waals surface area contributed by atoms with Crippen LogP contribution >= 0.6 is 11.6 Å². The average molecular weight is 445 g/mol. The summed E-state index contributed by atoms with van der Waals surface area (Å²) < 4.78 is 40.3. The molecule has 0 saturated carbocycles. The maximum atomic E-state index is 14.1. The minimum atomic E-state index is -1.06. The number of carbonyl (C=O) groups excluding carboxylic acids is 3. The summed E-state index contributed by atoms with van der Waals surface area (Å²) in [6.07, 6.45) is -0.840. The first kappa shape index (κ1) is 23.6. The summed E-state index contributed by atoms with van der Waals surface area (Å²) in [5.74, 6) is -2.92. The van der Waals surface area contributed by atoms with E-state index in [-0.39, 0.29) is 35.8 Å². The van der Waals surface area contributed by atoms with Crippen molar-refractivity contribution in [3.8, 4) is 0 Å². The van der Waals surface area contributed by atoms with E-state index in [4.69, 9.17) is 35.3 Å². The molecule has 0 spiro atoms. The predicted molar refractivity (Wildman–Crippen MR) is 103 cm³/mol. The second-order valence-electron chi connectivity index (χ2n) is 6.45. The molecule has 0 bridgehead atoms. The van der Waals surface area contributed by atoms with Gasteiger partial charge >= 0.3 is 17.9 Å². The zero-order valence-electron chi connectivity index (χ0n) is 16.7. The summed E-state index contributed by atoms with van der Waals surface area (Å²) in [6, 6.07) is 4.05. The van der Waals surface area contributed by atoms with Crippen LogP contribution in [0.3, 0.4) is 0 Å². The quantitative estimate of drug-likeness (QED) is 0.274. The lowest BCUT2D eigenvalue weighted by molar-refractivity contribution is -0.218. The van der Waals surface area contributed by atoms with Gasteiger partial charge in [0.2, 0.25) is 12.0 Å². The number of carbonyl (C=O) groups is 3. The molecule has 0 aromatic heterocycles. The number of hydrogen-bond acceptors (Lipinski definition) is 8. The van der Waals surface area contributed by atoms with Crippen LogP contribution < -0.4 is 0 Å². The first-order chi connectivity index (χ1) is 14.2. The summed E-state index contributed by atoms with van der Waals surface area (Å²) in [7, 11) is 1.13. The van der Waals surface area contributed by atoms with Crippen LogP contribution in [-0.4, -0.2) is 50.1 Å². The minimum absolute atomic E-state index is 0.0649. The van der Waals surface area contributed by atoms with E-state index in [0.717, 1.165) is 13.2 Å². The van der Waals surface area contributed by atoms with Crippen LogP contribution in [0.25, 0.3) is 6.08 Å². The Kier molecular flexibility index (Phi) is 8.61. The van der Waals surface area contributed by atoms with Crippen molar-refractivity contribution in [1.29, 1.82) is 0 Å². The van der Waals surface area contributed by atoms with Gasteiger partial charge in [-0.3, -0.25) is 9.59 Å². The second kappa shape index (κ2) is 10.9. The lowest BCUT2D eigenvalue weighted by Crippen LogP contribution is -2.41. The molecular formula is C20H22ClFO8. The largest absolute Gasteiger partial charge is 0.463 e. The summed E-state index contributed by atoms with van der Waals surface area (Å²) in [6.45, 7) is 2.41. The molecule has 164 valence electrons. The SMILES string of the molecule is COC(=O)/C(=C/c1c(F)cccc1Cl)OC1CC(OC(C)=O)CC(COC(C)=O)O1. The zero-order valence-corrected chi connectivity index (χ0v) is 17.4. The molecular weight excluding hydrogens is 423 g/mol. The van der Waals surface area contributed by atoms with Gasteiger partial charge in [0.05, 0.1) is 18.2 Å². The topological polar surface area (TPSA) is 97.4 Å². The Morgan fingerprint density at radius 2 is 1.93 bits per heavy atom. The standard InChI is InChI=1S/C20H22ClFO8/c1-11(23)27-10-14-7-13(28-12(2)24)8-19(29-14)30-18(20(25)26-3)9-15-16(21)5-4-6-17(15)22/h4-6,9,13-14,19H,7-8,10H2,1-3H3/b18-9-. The van der Waals surface area contributed by atoms with Crippen molar-refractivity contribution in [1.82, 2.24) is 0 Å². The van der Waals surface area contributed by atoms with Crippen LogP contribution in [0.15, 0.2) is 24.0 Å². The zero-order chi connectivity index (χ0) is 22.3. The first-order valence-corrected chi connectivity index (χ1v) is 9.44. The number of hydrogen-bond donors (Lipinski definition) is 0. The van der Waals surface area contributed by atoms with E-state index in [1.807, 2.05) is 0 Å². The highest BCUT2D eigenvalue weighted by Crippen LogP contribution is 2.28. The lowest BCUT2D eigenvalue weighted by Gasteiger charge is -2.34. The molecule has 3 atom stereocenters. The molecule has 0 radical (unpaired) electrons. The van der Waals surface area contributed by atoms with Crippen molar-refractivity contribution in [2.75, 3.05) is 13.7 Å². The number of esters is 3. The molecule has 1 aromatic carbocycles. The van der Waals surface area contributed by atoms with Gasteiger partial charge in [0.1, 0.15) is 18.5 Å². The van der Waals surface area contributed by atoms with Crippen molar-refractivity contribution in [3.05, 3.63) is 40.4 Å². The Hall–Kier alpha value is -2.65. The fourth-order valence-electron chi connectivity index (χ4n) is 2.82. The molecule has 30 heavy (non-hydrogen) atoms. The van der Waals surface area contributed by atoms with Gasteiger partial charge in [-0.05, 0) is 18.2 Å². The highest BCUT2D eigenvalue weighted by atomic mass is 35.5. The Labute approximate surface area is 177 Å². The van der Waals surface area contributed by atoms with E-state index in [0.29, 0.717) is 0 Å². The summed E-state index contributed by atoms with van der Waals surface area (Å²) in [4.78, 5) is 34.6. The van der Waals surface area contributed by atoms with Gasteiger partial charge in [0, 0.05) is 32.3 Å². The fraction of sp³-hybridized carbons (Fsp3) is 0.450. The Morgan fingerprint density at radius 1 is 1.20 bits per heavy atom. The number of halogens is 2. The summed E-state index contributed by atoms with van der Waals surface area (Å²) in [5, 5.41) is 0.0649. The molecule has 1 fully saturated rings. The van der Waals surface area contributed by atoms with Crippen molar-refractivity contribution < 1.29 is 42.5 Å². The third kappa shape index (κ3) is 7.00. The Morgan fingerprint density at radius 3 is 2.53 bits per heavy atom. The number of rotatable bonds is 7. The van der Waals surface area contributed by atoms with Gasteiger partial charge in [0.25, 0.3) is 0 Å². The molecule has 0 amide bonds. The van der Waals surface area contributed by atoms with E-state index in [9.17, 15) is 18.8 Å². The maximum absolute atomic E-state index is 14.1. The van der Waals surface area contributed by atoms with Crippen molar-refractivity contribution in [2.45, 2.75) is 45.2 Å². The second-order valence-corrected chi connectivity index (χ2v) is 6.85. The molecule has 8 nitrogen and oxygen atoms in total. The lowest BCUT2D eigenvalue weighted by atomic mass is 10.1. The van der Waals surface area contributed by atoms with E-state index in [2.05, 4.69) is 0 Å². The third-order valence-corrected chi connectivity index (χ3v) is 4.38. The molecule has 1 heterocycles. The van der Waals surface area contributed by atoms with Crippen LogP contribution in [0.2, 0.25) is 5.02 Å². The van der Waals surface area contributed by atoms with Crippen molar-refractivity contribution in [3.63, 3.8) is 0 Å². The highest BCUT2D eigenvalue weighted by Gasteiger charge is 2.34. The molecule has 3 unspecified atom stereocenters. The third-order valence-electron chi connectivity index (χ3n) is 4.05. The van der Waals surface area contributed by atoms with Gasteiger partial charge in [-0.15, -0.1) is 0 Å². The van der Waals surface area contributed by atoms with Crippen LogP contribution in [0.4, 0.5) is 4.39 Å². The summed E-state index contributed by atoms with van der Waals surface area (Å²) in [5.41, 5.74) is -0.0663. The Balaban J connectivity index is 2.25. The molecule has 1 aliphatic heterocycles. The number of methoxy groups -OCH3 is 1. The van der Waals surface area contributed by atoms with E-state index >= 15 is 0 Å². The molecule has 1 aliphatic rings. The molecule has 0 N–H and O–H groups in total. The van der Waals surface area contributed by atoms with Gasteiger partial charge in [0.15, 0.2) is 0 Å². The van der Waals surface area contributed by atoms with Crippen molar-refractivity contribution >= 4 is 35.6 Å². The maximum Gasteiger partial charge on any atom is 0.373 e. The fourth-order valence-corrected chi connectivity index (χ4v) is 3.03. The first-order valence-electron chi connectivity index (χ1n) is 9.06. The number of benzene rings is 1. The summed E-state index contributed by atoms with van der Waals surface area (Å²) >= 11 is 6.01. The molecule has 2 rings (SSSR count). The molecule has 0 aliphatic carbocycles. The predicted octanol–water partition coefficient (Wildman–Crippen LogP) is 3.01. The van der Waals surface area contributed by atoms with Gasteiger partial charge < -0.3 is 23.7 Å². The van der Waals surface area contributed by atoms with E-state index < -0.39 is 42.2 Å². The molecule has 10 heteroatoms. The molecule has 1 saturated heterocycles. The molecule has 1 aromatic rings. The van der Waals surface area contributed by atoms with Gasteiger partial charge in [-0.1, -0.05) is 17.7 Å². The smallest absolute Gasteiger partial charge is 0.373 e. The average Bonchev–Trinajstić information content (AvgIpc) is 2.67. The normalized spacial score (nSPS) is 21.5.